The van der Waals surface area contributed by atoms with E-state index in [0.717, 1.165) is 63.8 Å². The van der Waals surface area contributed by atoms with Gasteiger partial charge in [-0.25, -0.2) is 9.78 Å². The van der Waals surface area contributed by atoms with Crippen molar-refractivity contribution in [2.75, 3.05) is 13.1 Å². The molecule has 4 aromatic rings. The number of hydrogen-bond donors (Lipinski definition) is 1. The van der Waals surface area contributed by atoms with E-state index < -0.39 is 5.60 Å². The average molecular weight is 552 g/mol. The van der Waals surface area contributed by atoms with E-state index in [9.17, 15) is 9.59 Å². The molecule has 8 nitrogen and oxygen atoms in total. The Morgan fingerprint density at radius 3 is 2.66 bits per heavy atom. The molecule has 0 saturated carbocycles. The van der Waals surface area contributed by atoms with Crippen LogP contribution in [-0.2, 0) is 17.7 Å². The number of rotatable bonds is 3. The van der Waals surface area contributed by atoms with Crippen molar-refractivity contribution >= 4 is 23.0 Å². The van der Waals surface area contributed by atoms with Crippen molar-refractivity contribution in [3.8, 4) is 11.1 Å². The third-order valence-corrected chi connectivity index (χ3v) is 8.12. The number of nitrogens with one attached hydrogen (secondary N) is 1. The zero-order valence-electron chi connectivity index (χ0n) is 24.5. The summed E-state index contributed by atoms with van der Waals surface area (Å²) in [5.41, 5.74) is 8.48. The largest absolute Gasteiger partial charge is 0.444 e. The summed E-state index contributed by atoms with van der Waals surface area (Å²) < 4.78 is 5.82. The lowest BCUT2D eigenvalue weighted by atomic mass is 9.86. The minimum Gasteiger partial charge on any atom is -0.444 e. The lowest BCUT2D eigenvalue weighted by Gasteiger charge is -2.35. The van der Waals surface area contributed by atoms with E-state index in [1.165, 1.54) is 5.56 Å². The van der Waals surface area contributed by atoms with E-state index in [4.69, 9.17) is 4.74 Å². The molecule has 1 N–H and O–H groups in total. The summed E-state index contributed by atoms with van der Waals surface area (Å²) in [6.07, 6.45) is 7.78. The van der Waals surface area contributed by atoms with Gasteiger partial charge < -0.3 is 19.5 Å². The number of carbonyl (C=O) groups is 2. The molecule has 1 saturated heterocycles. The average Bonchev–Trinajstić information content (AvgIpc) is 3.58. The van der Waals surface area contributed by atoms with Crippen LogP contribution >= 0.6 is 0 Å². The summed E-state index contributed by atoms with van der Waals surface area (Å²) in [5, 5.41) is 1.10. The van der Waals surface area contributed by atoms with Gasteiger partial charge in [-0.1, -0.05) is 6.07 Å². The van der Waals surface area contributed by atoms with Crippen molar-refractivity contribution in [3.05, 3.63) is 82.4 Å². The van der Waals surface area contributed by atoms with Gasteiger partial charge in [-0.3, -0.25) is 9.78 Å². The van der Waals surface area contributed by atoms with Crippen LogP contribution in [-0.4, -0.2) is 55.4 Å². The van der Waals surface area contributed by atoms with Crippen LogP contribution in [0.5, 0.6) is 0 Å². The molecule has 6 rings (SSSR count). The first-order valence-corrected chi connectivity index (χ1v) is 14.4. The van der Waals surface area contributed by atoms with Gasteiger partial charge in [-0.15, -0.1) is 0 Å². The molecule has 2 aliphatic rings. The fraction of sp³-hybridized carbons (Fsp3) is 0.394. The molecule has 2 amide bonds. The zero-order chi connectivity index (χ0) is 28.9. The lowest BCUT2D eigenvalue weighted by Crippen LogP contribution is -2.39. The second-order valence-electron chi connectivity index (χ2n) is 12.3. The maximum Gasteiger partial charge on any atom is 0.410 e. The van der Waals surface area contributed by atoms with Crippen molar-refractivity contribution in [2.45, 2.75) is 72.1 Å². The van der Waals surface area contributed by atoms with Gasteiger partial charge in [0.2, 0.25) is 0 Å². The normalized spacial score (nSPS) is 17.1. The first-order valence-electron chi connectivity index (χ1n) is 14.4. The van der Waals surface area contributed by atoms with E-state index in [1.54, 1.807) is 12.3 Å². The van der Waals surface area contributed by atoms with Gasteiger partial charge in [0.25, 0.3) is 5.91 Å². The summed E-state index contributed by atoms with van der Waals surface area (Å²) in [5.74, 6) is 0.00387. The highest BCUT2D eigenvalue weighted by atomic mass is 16.6. The summed E-state index contributed by atoms with van der Waals surface area (Å²) in [4.78, 5) is 42.8. The molecule has 1 fully saturated rings. The second kappa shape index (κ2) is 10.3. The molecule has 1 aromatic carbocycles. The minimum atomic E-state index is -0.576. The molecule has 8 heteroatoms. The smallest absolute Gasteiger partial charge is 0.410 e. The topological polar surface area (TPSA) is 91.4 Å². The number of fused-ring (bicyclic) bond motifs is 2. The SMILES string of the molecule is Cc1cc(C(=O)N2CCc3cc(-c4cnc5[nH]cc(C)c5c4)cc([C@@H]4CCCN4C(=O)OC(C)(C)C)c3C2)ccn1. The van der Waals surface area contributed by atoms with E-state index in [2.05, 4.69) is 40.1 Å². The molecule has 0 aliphatic carbocycles. The Morgan fingerprint density at radius 1 is 1.05 bits per heavy atom. The summed E-state index contributed by atoms with van der Waals surface area (Å²) in [6, 6.07) is 10.1. The summed E-state index contributed by atoms with van der Waals surface area (Å²) in [6.45, 7) is 11.4. The monoisotopic (exact) mass is 551 g/mol. The van der Waals surface area contributed by atoms with Crippen molar-refractivity contribution < 1.29 is 14.3 Å². The number of hydrogen-bond acceptors (Lipinski definition) is 5. The number of benzene rings is 1. The number of aromatic amines is 1. The quantitative estimate of drug-likeness (QED) is 0.313. The Kier molecular flexibility index (Phi) is 6.80. The van der Waals surface area contributed by atoms with Crippen molar-refractivity contribution in [1.29, 1.82) is 0 Å². The van der Waals surface area contributed by atoms with Crippen LogP contribution in [0.1, 0.15) is 78.0 Å². The highest BCUT2D eigenvalue weighted by molar-refractivity contribution is 5.94. The number of aromatic nitrogens is 3. The number of amides is 2. The molecule has 0 radical (unpaired) electrons. The molecule has 0 spiro atoms. The van der Waals surface area contributed by atoms with Crippen molar-refractivity contribution in [3.63, 3.8) is 0 Å². The molecule has 41 heavy (non-hydrogen) atoms. The van der Waals surface area contributed by atoms with Crippen LogP contribution in [0, 0.1) is 13.8 Å². The van der Waals surface area contributed by atoms with Crippen LogP contribution in [0.25, 0.3) is 22.2 Å². The fourth-order valence-corrected chi connectivity index (χ4v) is 6.12. The third kappa shape index (κ3) is 5.31. The lowest BCUT2D eigenvalue weighted by molar-refractivity contribution is 0.0222. The Bertz CT molecular complexity index is 1650. The molecule has 3 aromatic heterocycles. The number of H-pyrrole nitrogens is 1. The van der Waals surface area contributed by atoms with Gasteiger partial charge in [-0.05, 0) is 106 Å². The number of aryl methyl sites for hydroxylation is 2. The van der Waals surface area contributed by atoms with Gasteiger partial charge in [-0.2, -0.15) is 0 Å². The van der Waals surface area contributed by atoms with Gasteiger partial charge in [0.1, 0.15) is 11.2 Å². The predicted octanol–water partition coefficient (Wildman–Crippen LogP) is 6.51. The molecule has 2 aliphatic heterocycles. The van der Waals surface area contributed by atoms with Crippen LogP contribution < -0.4 is 0 Å². The predicted molar refractivity (Wildman–Crippen MR) is 159 cm³/mol. The number of pyridine rings is 2. The van der Waals surface area contributed by atoms with Gasteiger partial charge >= 0.3 is 6.09 Å². The van der Waals surface area contributed by atoms with Crippen LogP contribution in [0.4, 0.5) is 4.79 Å². The molecule has 0 bridgehead atoms. The Labute approximate surface area is 240 Å². The van der Waals surface area contributed by atoms with E-state index >= 15 is 0 Å². The molecule has 212 valence electrons. The van der Waals surface area contributed by atoms with E-state index in [0.29, 0.717) is 25.2 Å². The second-order valence-corrected chi connectivity index (χ2v) is 12.3. The van der Waals surface area contributed by atoms with E-state index in [-0.39, 0.29) is 18.0 Å². The molecular formula is C33H37N5O3. The molecular weight excluding hydrogens is 514 g/mol. The number of likely N-dealkylation sites (tertiary alicyclic amines) is 1. The van der Waals surface area contributed by atoms with Crippen LogP contribution in [0.2, 0.25) is 0 Å². The fourth-order valence-electron chi connectivity index (χ4n) is 6.12. The highest BCUT2D eigenvalue weighted by Gasteiger charge is 2.36. The van der Waals surface area contributed by atoms with Crippen LogP contribution in [0.15, 0.2) is 48.9 Å². The maximum absolute atomic E-state index is 13.5. The number of ether oxygens (including phenoxy) is 1. The standard InChI is InChI=1S/C33H37N5O3/c1-20-17-35-30-26(20)16-25(18-36-30)24-14-22-9-12-37(31(39)23-8-10-34-21(2)13-23)19-28(22)27(15-24)29-7-6-11-38(29)32(40)41-33(3,4)5/h8,10,13-18,29H,6-7,9,11-12,19H2,1-5H3,(H,35,36)/t29-/m0/s1. The zero-order valence-corrected chi connectivity index (χ0v) is 24.5. The minimum absolute atomic E-state index is 0.00387. The van der Waals surface area contributed by atoms with Crippen LogP contribution in [0.3, 0.4) is 0 Å². The van der Waals surface area contributed by atoms with Crippen molar-refractivity contribution in [2.24, 2.45) is 0 Å². The first kappa shape index (κ1) is 27.0. The molecule has 1 atom stereocenters. The summed E-state index contributed by atoms with van der Waals surface area (Å²) >= 11 is 0. The number of carbonyl (C=O) groups excluding carboxylic acids is 2. The summed E-state index contributed by atoms with van der Waals surface area (Å²) in [7, 11) is 0. The Morgan fingerprint density at radius 2 is 1.88 bits per heavy atom. The van der Waals surface area contributed by atoms with E-state index in [1.807, 2.05) is 56.0 Å². The maximum atomic E-state index is 13.5. The van der Waals surface area contributed by atoms with Gasteiger partial charge in [0.05, 0.1) is 6.04 Å². The number of nitrogens with zero attached hydrogens (tertiary/aromatic N) is 4. The van der Waals surface area contributed by atoms with Crippen molar-refractivity contribution in [1.82, 2.24) is 24.8 Å². The Balaban J connectivity index is 1.42. The Hall–Kier alpha value is -4.20. The third-order valence-electron chi connectivity index (χ3n) is 8.12. The first-order chi connectivity index (χ1) is 19.6. The van der Waals surface area contributed by atoms with Gasteiger partial charge in [0, 0.05) is 60.4 Å². The molecule has 5 heterocycles. The van der Waals surface area contributed by atoms with Gasteiger partial charge in [0.15, 0.2) is 0 Å². The molecule has 0 unspecified atom stereocenters. The highest BCUT2D eigenvalue weighted by Crippen LogP contribution is 2.40.